The molecular weight excluding hydrogens is 190 g/mol. The van der Waals surface area contributed by atoms with E-state index < -0.39 is 0 Å². The Hall–Kier alpha value is -0.670. The fourth-order valence-corrected chi connectivity index (χ4v) is 0.258. The van der Waals surface area contributed by atoms with Gasteiger partial charge in [0.15, 0.2) is 11.6 Å². The lowest BCUT2D eigenvalue weighted by molar-refractivity contribution is -0.134. The lowest BCUT2D eigenvalue weighted by Crippen LogP contribution is -2.09. The molecule has 0 spiro atoms. The molecule has 0 aliphatic heterocycles. The monoisotopic (exact) mass is 207 g/mol. The number of carbonyl (C=O) groups excluding carboxylic acids is 2. The highest BCUT2D eigenvalue weighted by molar-refractivity contribution is 6.35. The van der Waals surface area contributed by atoms with E-state index >= 15 is 0 Å². The number of Topliss-reactive ketones (excluding diaryl/α,β-unsaturated/α-hetero) is 2. The van der Waals surface area contributed by atoms with Crippen molar-refractivity contribution in [3.63, 3.8) is 0 Å². The summed E-state index contributed by atoms with van der Waals surface area (Å²) in [5, 5.41) is 0. The van der Waals surface area contributed by atoms with Crippen LogP contribution in [0.25, 0.3) is 0 Å². The summed E-state index contributed by atoms with van der Waals surface area (Å²) in [6.07, 6.45) is 1.88. The van der Waals surface area contributed by atoms with E-state index in [0.29, 0.717) is 0 Å². The van der Waals surface area contributed by atoms with Gasteiger partial charge in [0.1, 0.15) is 0 Å². The highest BCUT2D eigenvalue weighted by Gasteiger charge is 1.94. The van der Waals surface area contributed by atoms with Crippen molar-refractivity contribution < 1.29 is 9.59 Å². The van der Waals surface area contributed by atoms with Gasteiger partial charge in [-0.15, -0.1) is 19.0 Å². The van der Waals surface area contributed by atoms with Crippen LogP contribution >= 0.6 is 12.4 Å². The first-order chi connectivity index (χ1) is 5.41. The molecule has 0 rings (SSSR count). The molecule has 0 heterocycles. The van der Waals surface area contributed by atoms with Gasteiger partial charge in [-0.2, -0.15) is 0 Å². The zero-order chi connectivity index (χ0) is 10.1. The van der Waals surface area contributed by atoms with Crippen molar-refractivity contribution >= 4 is 24.0 Å². The van der Waals surface area contributed by atoms with Crippen LogP contribution in [0.1, 0.15) is 13.8 Å². The maximum atomic E-state index is 9.79. The van der Waals surface area contributed by atoms with Crippen LogP contribution in [-0.4, -0.2) is 37.1 Å². The van der Waals surface area contributed by atoms with Crippen LogP contribution in [0.15, 0.2) is 12.7 Å². The molecule has 0 bridgehead atoms. The number of likely N-dealkylation sites (N-methyl/N-ethyl adjacent to an activating group) is 1. The number of ketones is 2. The Kier molecular flexibility index (Phi) is 15.8. The smallest absolute Gasteiger partial charge is 0.195 e. The average molecular weight is 208 g/mol. The molecule has 0 aromatic rings. The normalized spacial score (nSPS) is 7.77. The van der Waals surface area contributed by atoms with Crippen LogP contribution in [0.4, 0.5) is 0 Å². The fourth-order valence-electron chi connectivity index (χ4n) is 0.258. The van der Waals surface area contributed by atoms with Gasteiger partial charge in [0.05, 0.1) is 0 Å². The van der Waals surface area contributed by atoms with Gasteiger partial charge in [-0.1, -0.05) is 6.08 Å². The summed E-state index contributed by atoms with van der Waals surface area (Å²) >= 11 is 0. The van der Waals surface area contributed by atoms with Gasteiger partial charge in [0.2, 0.25) is 0 Å². The second kappa shape index (κ2) is 11.3. The van der Waals surface area contributed by atoms with Crippen molar-refractivity contribution in [2.75, 3.05) is 20.6 Å². The Balaban J connectivity index is -0.000000143. The molecule has 0 radical (unpaired) electrons. The molecule has 0 saturated carbocycles. The SMILES string of the molecule is C=CCN(C)C.CC(=O)C(C)=O.Cl. The molecular formula is C9H18ClNO2. The van der Waals surface area contributed by atoms with E-state index in [-0.39, 0.29) is 24.0 Å². The molecule has 0 atom stereocenters. The Morgan fingerprint density at radius 2 is 1.54 bits per heavy atom. The van der Waals surface area contributed by atoms with Crippen molar-refractivity contribution in [3.8, 4) is 0 Å². The molecule has 0 amide bonds. The minimum Gasteiger partial charge on any atom is -0.306 e. The molecule has 0 saturated heterocycles. The van der Waals surface area contributed by atoms with Gasteiger partial charge < -0.3 is 4.90 Å². The summed E-state index contributed by atoms with van der Waals surface area (Å²) in [6, 6.07) is 0. The molecule has 4 heteroatoms. The van der Waals surface area contributed by atoms with Crippen LogP contribution in [0.5, 0.6) is 0 Å². The Labute approximate surface area is 86.2 Å². The molecule has 0 aliphatic rings. The number of hydrogen-bond acceptors (Lipinski definition) is 3. The van der Waals surface area contributed by atoms with Gasteiger partial charge in [-0.25, -0.2) is 0 Å². The van der Waals surface area contributed by atoms with Crippen LogP contribution in [0, 0.1) is 0 Å². The minimum atomic E-state index is -0.380. The average Bonchev–Trinajstić information content (AvgIpc) is 1.87. The Morgan fingerprint density at radius 1 is 1.23 bits per heavy atom. The topological polar surface area (TPSA) is 37.4 Å². The van der Waals surface area contributed by atoms with Gasteiger partial charge in [0.25, 0.3) is 0 Å². The second-order valence-electron chi connectivity index (χ2n) is 2.66. The van der Waals surface area contributed by atoms with Gasteiger partial charge in [-0.05, 0) is 14.1 Å². The van der Waals surface area contributed by atoms with Crippen LogP contribution in [0.3, 0.4) is 0 Å². The van der Waals surface area contributed by atoms with Gasteiger partial charge in [0, 0.05) is 20.4 Å². The molecule has 3 nitrogen and oxygen atoms in total. The highest BCUT2D eigenvalue weighted by Crippen LogP contribution is 1.69. The Bertz CT molecular complexity index is 155. The molecule has 0 unspecified atom stereocenters. The first kappa shape index (κ1) is 18.2. The van der Waals surface area contributed by atoms with Gasteiger partial charge in [-0.3, -0.25) is 9.59 Å². The first-order valence-electron chi connectivity index (χ1n) is 3.69. The van der Waals surface area contributed by atoms with E-state index in [1.807, 2.05) is 20.2 Å². The summed E-state index contributed by atoms with van der Waals surface area (Å²) in [6.45, 7) is 7.04. The van der Waals surface area contributed by atoms with E-state index in [9.17, 15) is 9.59 Å². The van der Waals surface area contributed by atoms with E-state index in [4.69, 9.17) is 0 Å². The lowest BCUT2D eigenvalue weighted by atomic mass is 10.3. The fraction of sp³-hybridized carbons (Fsp3) is 0.556. The van der Waals surface area contributed by atoms with Crippen molar-refractivity contribution in [1.82, 2.24) is 4.90 Å². The van der Waals surface area contributed by atoms with Gasteiger partial charge >= 0.3 is 0 Å². The molecule has 0 fully saturated rings. The molecule has 0 aliphatic carbocycles. The third kappa shape index (κ3) is 24.6. The summed E-state index contributed by atoms with van der Waals surface area (Å²) in [5.74, 6) is -0.759. The minimum absolute atomic E-state index is 0. The van der Waals surface area contributed by atoms with Crippen LogP contribution < -0.4 is 0 Å². The number of halogens is 1. The van der Waals surface area contributed by atoms with Crippen molar-refractivity contribution in [2.45, 2.75) is 13.8 Å². The zero-order valence-corrected chi connectivity index (χ0v) is 9.48. The largest absolute Gasteiger partial charge is 0.306 e. The predicted octanol–water partition coefficient (Wildman–Crippen LogP) is 1.32. The summed E-state index contributed by atoms with van der Waals surface area (Å²) in [4.78, 5) is 21.7. The molecule has 0 aromatic carbocycles. The first-order valence-corrected chi connectivity index (χ1v) is 3.69. The Morgan fingerprint density at radius 3 is 1.54 bits per heavy atom. The van der Waals surface area contributed by atoms with Crippen molar-refractivity contribution in [1.29, 1.82) is 0 Å². The number of nitrogens with zero attached hydrogens (tertiary/aromatic N) is 1. The third-order valence-corrected chi connectivity index (χ3v) is 0.990. The summed E-state index contributed by atoms with van der Waals surface area (Å²) in [5.41, 5.74) is 0. The van der Waals surface area contributed by atoms with E-state index in [1.165, 1.54) is 13.8 Å². The molecule has 13 heavy (non-hydrogen) atoms. The van der Waals surface area contributed by atoms with Crippen LogP contribution in [-0.2, 0) is 9.59 Å². The van der Waals surface area contributed by atoms with E-state index in [1.54, 1.807) is 0 Å². The third-order valence-electron chi connectivity index (χ3n) is 0.990. The van der Waals surface area contributed by atoms with E-state index in [2.05, 4.69) is 11.5 Å². The summed E-state index contributed by atoms with van der Waals surface area (Å²) in [7, 11) is 4.03. The maximum Gasteiger partial charge on any atom is 0.195 e. The lowest BCUT2D eigenvalue weighted by Gasteiger charge is -2.01. The number of rotatable bonds is 3. The van der Waals surface area contributed by atoms with Crippen LogP contribution in [0.2, 0.25) is 0 Å². The number of hydrogen-bond donors (Lipinski definition) is 0. The number of carbonyl (C=O) groups is 2. The zero-order valence-electron chi connectivity index (χ0n) is 8.66. The molecule has 0 aromatic heterocycles. The standard InChI is InChI=1S/C5H11N.C4H6O2.ClH/c1-4-5-6(2)3;1-3(5)4(2)6;/h4H,1,5H2,2-3H3;1-2H3;1H. The molecule has 78 valence electrons. The van der Waals surface area contributed by atoms with Crippen molar-refractivity contribution in [3.05, 3.63) is 12.7 Å². The van der Waals surface area contributed by atoms with E-state index in [0.717, 1.165) is 6.54 Å². The van der Waals surface area contributed by atoms with Crippen molar-refractivity contribution in [2.24, 2.45) is 0 Å². The highest BCUT2D eigenvalue weighted by atomic mass is 35.5. The quantitative estimate of drug-likeness (QED) is 0.518. The molecule has 0 N–H and O–H groups in total. The predicted molar refractivity (Wildman–Crippen MR) is 57.4 cm³/mol. The second-order valence-corrected chi connectivity index (χ2v) is 2.66. The summed E-state index contributed by atoms with van der Waals surface area (Å²) < 4.78 is 0. The maximum absolute atomic E-state index is 9.79.